The lowest BCUT2D eigenvalue weighted by Crippen LogP contribution is -2.46. The van der Waals surface area contributed by atoms with E-state index in [0.717, 1.165) is 5.69 Å². The van der Waals surface area contributed by atoms with E-state index in [2.05, 4.69) is 0 Å². The maximum atomic E-state index is 13.1. The summed E-state index contributed by atoms with van der Waals surface area (Å²) in [4.78, 5) is 30.4. The number of amides is 3. The molecule has 0 unspecified atom stereocenters. The van der Waals surface area contributed by atoms with Gasteiger partial charge in [-0.05, 0) is 30.7 Å². The van der Waals surface area contributed by atoms with E-state index >= 15 is 0 Å². The lowest BCUT2D eigenvalue weighted by Gasteiger charge is -2.29. The van der Waals surface area contributed by atoms with Crippen LogP contribution in [-0.4, -0.2) is 72.1 Å². The zero-order valence-corrected chi connectivity index (χ0v) is 17.1. The van der Waals surface area contributed by atoms with Gasteiger partial charge in [-0.15, -0.1) is 0 Å². The van der Waals surface area contributed by atoms with Gasteiger partial charge in [0.25, 0.3) is 0 Å². The van der Waals surface area contributed by atoms with E-state index in [1.165, 1.54) is 4.90 Å². The maximum absolute atomic E-state index is 13.1. The topological polar surface area (TPSA) is 71.2 Å². The van der Waals surface area contributed by atoms with Crippen LogP contribution in [0.15, 0.2) is 41.1 Å². The van der Waals surface area contributed by atoms with E-state index in [-0.39, 0.29) is 18.5 Å². The molecule has 0 saturated carbocycles. The normalized spacial score (nSPS) is 10.7. The van der Waals surface area contributed by atoms with Gasteiger partial charge in [-0.25, -0.2) is 4.79 Å². The molecule has 2 aromatic rings. The highest BCUT2D eigenvalue weighted by Gasteiger charge is 2.23. The summed E-state index contributed by atoms with van der Waals surface area (Å²) in [6.45, 7) is 1.77. The van der Waals surface area contributed by atoms with Gasteiger partial charge in [0, 0.05) is 53.3 Å². The molecule has 0 spiro atoms. The van der Waals surface area contributed by atoms with Gasteiger partial charge in [0.05, 0.1) is 19.4 Å². The van der Waals surface area contributed by atoms with Gasteiger partial charge >= 0.3 is 6.03 Å². The van der Waals surface area contributed by atoms with Gasteiger partial charge in [-0.1, -0.05) is 0 Å². The van der Waals surface area contributed by atoms with E-state index in [4.69, 9.17) is 9.15 Å². The summed E-state index contributed by atoms with van der Waals surface area (Å²) in [6.07, 6.45) is 4.20. The number of carbonyl (C=O) groups excluding carboxylic acids is 2. The average molecular weight is 390 g/mol. The third-order valence-corrected chi connectivity index (χ3v) is 4.44. The van der Waals surface area contributed by atoms with Crippen LogP contribution in [-0.2, 0) is 29.7 Å². The Morgan fingerprint density at radius 3 is 2.50 bits per heavy atom. The Morgan fingerprint density at radius 2 is 1.93 bits per heavy atom. The number of aromatic nitrogens is 1. The summed E-state index contributed by atoms with van der Waals surface area (Å²) < 4.78 is 12.5. The summed E-state index contributed by atoms with van der Waals surface area (Å²) >= 11 is 0. The highest BCUT2D eigenvalue weighted by molar-refractivity contribution is 5.84. The molecule has 0 aliphatic heterocycles. The molecule has 28 heavy (non-hydrogen) atoms. The van der Waals surface area contributed by atoms with Crippen LogP contribution in [0, 0.1) is 0 Å². The third-order valence-electron chi connectivity index (χ3n) is 4.44. The van der Waals surface area contributed by atoms with E-state index in [1.54, 1.807) is 43.3 Å². The van der Waals surface area contributed by atoms with E-state index in [0.29, 0.717) is 38.4 Å². The van der Waals surface area contributed by atoms with Crippen molar-refractivity contribution in [2.75, 3.05) is 40.9 Å². The SMILES string of the molecule is COCCCN(CC(=O)N(Cc1ccco1)Cc1cccn1C)C(=O)N(C)C. The van der Waals surface area contributed by atoms with Crippen molar-refractivity contribution in [2.24, 2.45) is 7.05 Å². The van der Waals surface area contributed by atoms with Gasteiger partial charge in [-0.2, -0.15) is 0 Å². The predicted octanol–water partition coefficient (Wildman–Crippen LogP) is 2.17. The summed E-state index contributed by atoms with van der Waals surface area (Å²) in [7, 11) is 6.92. The van der Waals surface area contributed by atoms with Crippen molar-refractivity contribution in [1.82, 2.24) is 19.3 Å². The van der Waals surface area contributed by atoms with Gasteiger partial charge in [0.15, 0.2) is 0 Å². The first kappa shape index (κ1) is 21.6. The standard InChI is InChI=1S/C20H30N4O4/c1-21(2)20(26)23(11-7-12-27-4)16-19(25)24(15-18-9-6-13-28-18)14-17-8-5-10-22(17)3/h5-6,8-10,13H,7,11-12,14-16H2,1-4H3. The van der Waals surface area contributed by atoms with Gasteiger partial charge in [-0.3, -0.25) is 4.79 Å². The molecule has 0 fully saturated rings. The minimum atomic E-state index is -0.193. The second-order valence-corrected chi connectivity index (χ2v) is 6.88. The molecule has 0 radical (unpaired) electrons. The van der Waals surface area contributed by atoms with E-state index in [9.17, 15) is 9.59 Å². The monoisotopic (exact) mass is 390 g/mol. The highest BCUT2D eigenvalue weighted by Crippen LogP contribution is 2.12. The lowest BCUT2D eigenvalue weighted by atomic mass is 10.3. The minimum Gasteiger partial charge on any atom is -0.467 e. The van der Waals surface area contributed by atoms with Crippen molar-refractivity contribution >= 4 is 11.9 Å². The van der Waals surface area contributed by atoms with Crippen LogP contribution in [0.3, 0.4) is 0 Å². The molecular formula is C20H30N4O4. The number of methoxy groups -OCH3 is 1. The zero-order chi connectivity index (χ0) is 20.5. The second-order valence-electron chi connectivity index (χ2n) is 6.88. The van der Waals surface area contributed by atoms with Crippen molar-refractivity contribution in [1.29, 1.82) is 0 Å². The number of hydrogen-bond acceptors (Lipinski definition) is 4. The van der Waals surface area contributed by atoms with Crippen LogP contribution in [0.1, 0.15) is 17.9 Å². The molecule has 0 aliphatic rings. The first-order valence-electron chi connectivity index (χ1n) is 9.28. The van der Waals surface area contributed by atoms with Crippen molar-refractivity contribution in [3.05, 3.63) is 48.2 Å². The summed E-state index contributed by atoms with van der Waals surface area (Å²) in [5, 5.41) is 0. The Kier molecular flexibility index (Phi) is 8.13. The third kappa shape index (κ3) is 6.16. The fourth-order valence-electron chi connectivity index (χ4n) is 2.87. The first-order valence-corrected chi connectivity index (χ1v) is 9.28. The smallest absolute Gasteiger partial charge is 0.319 e. The molecule has 2 aromatic heterocycles. The minimum absolute atomic E-state index is 0.00581. The first-order chi connectivity index (χ1) is 13.4. The zero-order valence-electron chi connectivity index (χ0n) is 17.1. The number of rotatable bonds is 10. The highest BCUT2D eigenvalue weighted by atomic mass is 16.5. The molecule has 0 aliphatic carbocycles. The number of ether oxygens (including phenoxy) is 1. The number of furan rings is 1. The molecule has 2 heterocycles. The van der Waals surface area contributed by atoms with Gasteiger partial charge in [0.2, 0.25) is 5.91 Å². The molecule has 0 aromatic carbocycles. The summed E-state index contributed by atoms with van der Waals surface area (Å²) in [6, 6.07) is 7.36. The fourth-order valence-corrected chi connectivity index (χ4v) is 2.87. The van der Waals surface area contributed by atoms with E-state index in [1.807, 2.05) is 36.0 Å². The second kappa shape index (κ2) is 10.6. The van der Waals surface area contributed by atoms with Crippen LogP contribution >= 0.6 is 0 Å². The molecule has 0 bridgehead atoms. The van der Waals surface area contributed by atoms with E-state index < -0.39 is 0 Å². The Hall–Kier alpha value is -2.74. The largest absolute Gasteiger partial charge is 0.467 e. The summed E-state index contributed by atoms with van der Waals surface area (Å²) in [5.74, 6) is 0.567. The maximum Gasteiger partial charge on any atom is 0.319 e. The number of hydrogen-bond donors (Lipinski definition) is 0. The number of aryl methyl sites for hydroxylation is 1. The molecule has 0 N–H and O–H groups in total. The van der Waals surface area contributed by atoms with Gasteiger partial charge in [0.1, 0.15) is 12.3 Å². The molecule has 2 rings (SSSR count). The van der Waals surface area contributed by atoms with Crippen molar-refractivity contribution in [2.45, 2.75) is 19.5 Å². The Morgan fingerprint density at radius 1 is 1.14 bits per heavy atom. The lowest BCUT2D eigenvalue weighted by molar-refractivity contribution is -0.133. The fraction of sp³-hybridized carbons (Fsp3) is 0.500. The molecule has 0 saturated heterocycles. The Labute approximate surface area is 166 Å². The Bertz CT molecular complexity index is 739. The molecule has 8 heteroatoms. The van der Waals surface area contributed by atoms with Gasteiger partial charge < -0.3 is 28.4 Å². The van der Waals surface area contributed by atoms with Crippen LogP contribution < -0.4 is 0 Å². The molecule has 3 amide bonds. The molecule has 154 valence electrons. The van der Waals surface area contributed by atoms with Crippen LogP contribution in [0.4, 0.5) is 4.79 Å². The predicted molar refractivity (Wildman–Crippen MR) is 106 cm³/mol. The molecule has 0 atom stereocenters. The number of carbonyl (C=O) groups is 2. The number of nitrogens with zero attached hydrogens (tertiary/aromatic N) is 4. The quantitative estimate of drug-likeness (QED) is 0.583. The van der Waals surface area contributed by atoms with Crippen LogP contribution in [0.2, 0.25) is 0 Å². The van der Waals surface area contributed by atoms with Crippen LogP contribution in [0.25, 0.3) is 0 Å². The molecular weight excluding hydrogens is 360 g/mol. The molecule has 8 nitrogen and oxygen atoms in total. The summed E-state index contributed by atoms with van der Waals surface area (Å²) in [5.41, 5.74) is 1.00. The Balaban J connectivity index is 2.13. The average Bonchev–Trinajstić information content (AvgIpc) is 3.31. The number of urea groups is 1. The van der Waals surface area contributed by atoms with Crippen molar-refractivity contribution < 1.29 is 18.7 Å². The van der Waals surface area contributed by atoms with Crippen molar-refractivity contribution in [3.8, 4) is 0 Å². The van der Waals surface area contributed by atoms with Crippen molar-refractivity contribution in [3.63, 3.8) is 0 Å². The van der Waals surface area contributed by atoms with Crippen LogP contribution in [0.5, 0.6) is 0 Å².